The van der Waals surface area contributed by atoms with Crippen molar-refractivity contribution in [3.63, 3.8) is 0 Å². The summed E-state index contributed by atoms with van der Waals surface area (Å²) in [7, 11) is 0. The molecule has 4 nitrogen and oxygen atoms in total. The van der Waals surface area contributed by atoms with Gasteiger partial charge in [0.05, 0.1) is 21.2 Å². The number of amides is 1. The zero-order valence-corrected chi connectivity index (χ0v) is 10.5. The van der Waals surface area contributed by atoms with Gasteiger partial charge in [0.2, 0.25) is 0 Å². The predicted molar refractivity (Wildman–Crippen MR) is 67.7 cm³/mol. The van der Waals surface area contributed by atoms with Crippen LogP contribution in [0.1, 0.15) is 22.4 Å². The van der Waals surface area contributed by atoms with Crippen LogP contribution in [-0.4, -0.2) is 11.6 Å². The molecule has 1 N–H and O–H groups in total. The lowest BCUT2D eigenvalue weighted by Gasteiger charge is -1.98. The maximum atomic E-state index is 11.5. The molecule has 0 aromatic carbocycles. The number of thiophene rings is 1. The van der Waals surface area contributed by atoms with Crippen LogP contribution in [0.15, 0.2) is 40.0 Å². The first-order valence-electron chi connectivity index (χ1n) is 4.80. The van der Waals surface area contributed by atoms with Gasteiger partial charge >= 0.3 is 5.91 Å². The van der Waals surface area contributed by atoms with Crippen LogP contribution in [0.3, 0.4) is 0 Å². The summed E-state index contributed by atoms with van der Waals surface area (Å²) >= 11 is 7.21. The molecule has 0 aliphatic heterocycles. The number of rotatable bonds is 3. The number of nitrogens with one attached hydrogen (secondary N) is 1. The standard InChI is InChI=1S/C11H9ClN2O2S/c1-7(9-4-5-10(12)17-9)13-14-11(15)8-3-2-6-16-8/h2-6H,1H3,(H,14,15)/b13-7+. The molecule has 0 atom stereocenters. The fourth-order valence-corrected chi connectivity index (χ4v) is 2.15. The maximum absolute atomic E-state index is 11.5. The molecule has 0 aliphatic rings. The molecule has 0 saturated carbocycles. The third-order valence-corrected chi connectivity index (χ3v) is 3.34. The van der Waals surface area contributed by atoms with E-state index >= 15 is 0 Å². The molecule has 1 amide bonds. The lowest BCUT2D eigenvalue weighted by molar-refractivity contribution is 0.0927. The number of hydrazone groups is 1. The SMILES string of the molecule is C/C(=N\NC(=O)c1ccco1)c1ccc(Cl)s1. The van der Waals surface area contributed by atoms with E-state index < -0.39 is 0 Å². The first-order chi connectivity index (χ1) is 8.16. The van der Waals surface area contributed by atoms with Crippen molar-refractivity contribution in [1.82, 2.24) is 5.43 Å². The molecule has 2 aromatic rings. The van der Waals surface area contributed by atoms with Crippen LogP contribution in [0.4, 0.5) is 0 Å². The van der Waals surface area contributed by atoms with E-state index in [1.165, 1.54) is 17.6 Å². The van der Waals surface area contributed by atoms with Crippen molar-refractivity contribution < 1.29 is 9.21 Å². The van der Waals surface area contributed by atoms with Crippen LogP contribution in [0, 0.1) is 0 Å². The van der Waals surface area contributed by atoms with E-state index in [1.54, 1.807) is 25.1 Å². The van der Waals surface area contributed by atoms with Crippen molar-refractivity contribution in [1.29, 1.82) is 0 Å². The van der Waals surface area contributed by atoms with Crippen molar-refractivity contribution in [2.45, 2.75) is 6.92 Å². The van der Waals surface area contributed by atoms with E-state index in [4.69, 9.17) is 16.0 Å². The second-order valence-corrected chi connectivity index (χ2v) is 4.93. The Kier molecular flexibility index (Phi) is 3.61. The molecule has 6 heteroatoms. The molecule has 2 rings (SSSR count). The molecule has 0 bridgehead atoms. The third kappa shape index (κ3) is 2.95. The number of hydrogen-bond acceptors (Lipinski definition) is 4. The lowest BCUT2D eigenvalue weighted by atomic mass is 10.3. The summed E-state index contributed by atoms with van der Waals surface area (Å²) in [5.41, 5.74) is 3.11. The Hall–Kier alpha value is -1.59. The Morgan fingerprint density at radius 3 is 2.88 bits per heavy atom. The number of furan rings is 1. The smallest absolute Gasteiger partial charge is 0.307 e. The zero-order chi connectivity index (χ0) is 12.3. The van der Waals surface area contributed by atoms with Crippen LogP contribution in [0.25, 0.3) is 0 Å². The largest absolute Gasteiger partial charge is 0.459 e. The number of hydrogen-bond donors (Lipinski definition) is 1. The normalized spacial score (nSPS) is 11.5. The van der Waals surface area contributed by atoms with Crippen molar-refractivity contribution in [2.24, 2.45) is 5.10 Å². The minimum absolute atomic E-state index is 0.228. The third-order valence-electron chi connectivity index (χ3n) is 2.00. The van der Waals surface area contributed by atoms with Crippen molar-refractivity contribution in [3.8, 4) is 0 Å². The van der Waals surface area contributed by atoms with Crippen LogP contribution in [0.2, 0.25) is 4.34 Å². The summed E-state index contributed by atoms with van der Waals surface area (Å²) in [5, 5.41) is 3.97. The summed E-state index contributed by atoms with van der Waals surface area (Å²) in [4.78, 5) is 12.4. The van der Waals surface area contributed by atoms with E-state index in [-0.39, 0.29) is 11.7 Å². The Bertz CT molecular complexity index is 546. The minimum atomic E-state index is -0.378. The molecule has 0 unspecified atom stereocenters. The molecule has 0 spiro atoms. The second kappa shape index (κ2) is 5.16. The summed E-state index contributed by atoms with van der Waals surface area (Å²) in [6.07, 6.45) is 1.44. The average Bonchev–Trinajstić information content (AvgIpc) is 2.95. The lowest BCUT2D eigenvalue weighted by Crippen LogP contribution is -2.18. The summed E-state index contributed by atoms with van der Waals surface area (Å²) in [6.45, 7) is 1.80. The second-order valence-electron chi connectivity index (χ2n) is 3.22. The summed E-state index contributed by atoms with van der Waals surface area (Å²) in [5.74, 6) is -0.150. The molecule has 2 aromatic heterocycles. The predicted octanol–water partition coefficient (Wildman–Crippen LogP) is 3.15. The van der Waals surface area contributed by atoms with Crippen molar-refractivity contribution >= 4 is 34.6 Å². The van der Waals surface area contributed by atoms with Crippen molar-refractivity contribution in [3.05, 3.63) is 45.5 Å². The van der Waals surface area contributed by atoms with Gasteiger partial charge in [-0.3, -0.25) is 4.79 Å². The van der Waals surface area contributed by atoms with E-state index in [0.717, 1.165) is 4.88 Å². The molecular weight excluding hydrogens is 260 g/mol. The highest BCUT2D eigenvalue weighted by Gasteiger charge is 2.07. The van der Waals surface area contributed by atoms with E-state index in [0.29, 0.717) is 10.0 Å². The molecule has 17 heavy (non-hydrogen) atoms. The van der Waals surface area contributed by atoms with Gasteiger partial charge in [-0.15, -0.1) is 11.3 Å². The molecule has 0 saturated heterocycles. The molecule has 0 aliphatic carbocycles. The number of nitrogens with zero attached hydrogens (tertiary/aromatic N) is 1. The topological polar surface area (TPSA) is 54.6 Å². The average molecular weight is 269 g/mol. The number of carbonyl (C=O) groups excluding carboxylic acids is 1. The zero-order valence-electron chi connectivity index (χ0n) is 8.94. The molecular formula is C11H9ClN2O2S. The minimum Gasteiger partial charge on any atom is -0.459 e. The first kappa shape index (κ1) is 11.9. The fourth-order valence-electron chi connectivity index (χ4n) is 1.16. The van der Waals surface area contributed by atoms with Crippen LogP contribution in [-0.2, 0) is 0 Å². The van der Waals surface area contributed by atoms with Gasteiger partial charge < -0.3 is 4.42 Å². The maximum Gasteiger partial charge on any atom is 0.307 e. The highest BCUT2D eigenvalue weighted by atomic mass is 35.5. The van der Waals surface area contributed by atoms with Gasteiger partial charge in [-0.2, -0.15) is 5.10 Å². The van der Waals surface area contributed by atoms with Gasteiger partial charge in [-0.25, -0.2) is 5.43 Å². The van der Waals surface area contributed by atoms with Gasteiger partial charge in [0.25, 0.3) is 0 Å². The van der Waals surface area contributed by atoms with Gasteiger partial charge in [0.15, 0.2) is 5.76 Å². The summed E-state index contributed by atoms with van der Waals surface area (Å²) < 4.78 is 5.62. The Morgan fingerprint density at radius 1 is 1.47 bits per heavy atom. The van der Waals surface area contributed by atoms with E-state index in [9.17, 15) is 4.79 Å². The fraction of sp³-hybridized carbons (Fsp3) is 0.0909. The number of halogens is 1. The Balaban J connectivity index is 2.04. The van der Waals surface area contributed by atoms with E-state index in [2.05, 4.69) is 10.5 Å². The van der Waals surface area contributed by atoms with Crippen LogP contribution >= 0.6 is 22.9 Å². The highest BCUT2D eigenvalue weighted by molar-refractivity contribution is 7.18. The molecule has 0 radical (unpaired) electrons. The highest BCUT2D eigenvalue weighted by Crippen LogP contribution is 2.21. The van der Waals surface area contributed by atoms with E-state index in [1.807, 2.05) is 6.07 Å². The molecule has 2 heterocycles. The van der Waals surface area contributed by atoms with Crippen LogP contribution in [0.5, 0.6) is 0 Å². The molecule has 0 fully saturated rings. The van der Waals surface area contributed by atoms with Crippen molar-refractivity contribution in [2.75, 3.05) is 0 Å². The van der Waals surface area contributed by atoms with Gasteiger partial charge in [-0.05, 0) is 31.2 Å². The quantitative estimate of drug-likeness (QED) is 0.687. The van der Waals surface area contributed by atoms with Gasteiger partial charge in [-0.1, -0.05) is 11.6 Å². The Labute approximate surface area is 107 Å². The summed E-state index contributed by atoms with van der Waals surface area (Å²) in [6, 6.07) is 6.85. The van der Waals surface area contributed by atoms with Gasteiger partial charge in [0.1, 0.15) is 0 Å². The van der Waals surface area contributed by atoms with Gasteiger partial charge in [0, 0.05) is 0 Å². The van der Waals surface area contributed by atoms with Crippen LogP contribution < -0.4 is 5.43 Å². The number of carbonyl (C=O) groups is 1. The Morgan fingerprint density at radius 2 is 2.29 bits per heavy atom. The first-order valence-corrected chi connectivity index (χ1v) is 6.00. The molecule has 88 valence electrons. The monoisotopic (exact) mass is 268 g/mol.